The van der Waals surface area contributed by atoms with E-state index in [1.807, 2.05) is 6.08 Å². The van der Waals surface area contributed by atoms with Gasteiger partial charge in [-0.1, -0.05) is 31.8 Å². The number of unbranched alkanes of at least 4 members (excludes halogenated alkanes) is 6. The Labute approximate surface area is 126 Å². The molecule has 0 fully saturated rings. The number of aldehydes is 1. The van der Waals surface area contributed by atoms with Crippen LogP contribution < -0.4 is 0 Å². The van der Waals surface area contributed by atoms with E-state index in [-0.39, 0.29) is 5.97 Å². The molecule has 0 bridgehead atoms. The van der Waals surface area contributed by atoms with E-state index in [4.69, 9.17) is 4.42 Å². The molecule has 0 aliphatic carbocycles. The quantitative estimate of drug-likeness (QED) is 0.344. The van der Waals surface area contributed by atoms with Crippen LogP contribution in [0.2, 0.25) is 0 Å². The van der Waals surface area contributed by atoms with Gasteiger partial charge in [0.25, 0.3) is 0 Å². The van der Waals surface area contributed by atoms with Crippen LogP contribution in [0.4, 0.5) is 0 Å². The molecule has 1 rings (SSSR count). The van der Waals surface area contributed by atoms with Gasteiger partial charge in [-0.15, -0.1) is 0 Å². The van der Waals surface area contributed by atoms with E-state index in [0.29, 0.717) is 18.5 Å². The van der Waals surface area contributed by atoms with E-state index in [1.54, 1.807) is 12.1 Å². The number of hydrogen-bond donors (Lipinski definition) is 0. The van der Waals surface area contributed by atoms with Gasteiger partial charge in [0.15, 0.2) is 12.0 Å². The maximum atomic E-state index is 10.9. The molecule has 116 valence electrons. The Morgan fingerprint density at radius 1 is 1.10 bits per heavy atom. The van der Waals surface area contributed by atoms with Crippen LogP contribution in [0.3, 0.4) is 0 Å². The second-order valence-corrected chi connectivity index (χ2v) is 5.00. The Balaban J connectivity index is 1.95. The SMILES string of the molecule is COC(=O)CCCCCCCCC=Cc1ccc(C=O)o1. The first-order valence-electron chi connectivity index (χ1n) is 7.54. The second kappa shape index (κ2) is 10.9. The number of hydrogen-bond acceptors (Lipinski definition) is 4. The molecule has 4 heteroatoms. The number of carbonyl (C=O) groups excluding carboxylic acids is 2. The largest absolute Gasteiger partial charge is 0.469 e. The van der Waals surface area contributed by atoms with Crippen molar-refractivity contribution in [2.24, 2.45) is 0 Å². The Hall–Kier alpha value is -1.84. The van der Waals surface area contributed by atoms with Crippen molar-refractivity contribution in [1.29, 1.82) is 0 Å². The van der Waals surface area contributed by atoms with Gasteiger partial charge in [-0.05, 0) is 37.5 Å². The standard InChI is InChI=1S/C17H24O4/c1-20-17(19)11-9-7-5-3-2-4-6-8-10-15-12-13-16(14-18)21-15/h8,10,12-14H,2-7,9,11H2,1H3. The highest BCUT2D eigenvalue weighted by Gasteiger charge is 1.99. The fourth-order valence-corrected chi connectivity index (χ4v) is 2.06. The van der Waals surface area contributed by atoms with E-state index < -0.39 is 0 Å². The maximum absolute atomic E-state index is 10.9. The molecule has 1 heterocycles. The fourth-order valence-electron chi connectivity index (χ4n) is 2.06. The predicted molar refractivity (Wildman–Crippen MR) is 82.1 cm³/mol. The molecule has 0 N–H and O–H groups in total. The molecule has 0 radical (unpaired) electrons. The molecule has 1 aromatic rings. The average molecular weight is 292 g/mol. The summed E-state index contributed by atoms with van der Waals surface area (Å²) in [5.41, 5.74) is 0. The fraction of sp³-hybridized carbons (Fsp3) is 0.529. The lowest BCUT2D eigenvalue weighted by Crippen LogP contribution is -1.99. The summed E-state index contributed by atoms with van der Waals surface area (Å²) in [4.78, 5) is 21.4. The topological polar surface area (TPSA) is 56.5 Å². The number of furan rings is 1. The van der Waals surface area contributed by atoms with Crippen molar-refractivity contribution in [2.45, 2.75) is 51.4 Å². The first-order valence-corrected chi connectivity index (χ1v) is 7.54. The summed E-state index contributed by atoms with van der Waals surface area (Å²) < 4.78 is 9.83. The molecular weight excluding hydrogens is 268 g/mol. The molecule has 4 nitrogen and oxygen atoms in total. The van der Waals surface area contributed by atoms with Crippen molar-refractivity contribution in [3.05, 3.63) is 29.7 Å². The van der Waals surface area contributed by atoms with Gasteiger partial charge in [-0.2, -0.15) is 0 Å². The van der Waals surface area contributed by atoms with Crippen molar-refractivity contribution >= 4 is 18.3 Å². The van der Waals surface area contributed by atoms with Gasteiger partial charge in [0.2, 0.25) is 0 Å². The zero-order chi connectivity index (χ0) is 15.3. The lowest BCUT2D eigenvalue weighted by molar-refractivity contribution is -0.140. The van der Waals surface area contributed by atoms with Crippen LogP contribution in [0, 0.1) is 0 Å². The summed E-state index contributed by atoms with van der Waals surface area (Å²) in [5, 5.41) is 0. The van der Waals surface area contributed by atoms with E-state index in [2.05, 4.69) is 10.8 Å². The first-order chi connectivity index (χ1) is 10.3. The predicted octanol–water partition coefficient (Wildman–Crippen LogP) is 4.40. The summed E-state index contributed by atoms with van der Waals surface area (Å²) in [7, 11) is 1.43. The number of rotatable bonds is 11. The molecule has 0 spiro atoms. The van der Waals surface area contributed by atoms with Crippen LogP contribution in [-0.2, 0) is 9.53 Å². The van der Waals surface area contributed by atoms with Gasteiger partial charge in [-0.25, -0.2) is 0 Å². The summed E-state index contributed by atoms with van der Waals surface area (Å²) in [6.07, 6.45) is 13.0. The first kappa shape index (κ1) is 17.2. The van der Waals surface area contributed by atoms with Crippen molar-refractivity contribution in [3.63, 3.8) is 0 Å². The molecule has 0 aliphatic heterocycles. The summed E-state index contributed by atoms with van der Waals surface area (Å²) >= 11 is 0. The van der Waals surface area contributed by atoms with Crippen molar-refractivity contribution < 1.29 is 18.7 Å². The van der Waals surface area contributed by atoms with Gasteiger partial charge < -0.3 is 9.15 Å². The number of allylic oxidation sites excluding steroid dienone is 1. The second-order valence-electron chi connectivity index (χ2n) is 5.00. The van der Waals surface area contributed by atoms with Crippen molar-refractivity contribution in [1.82, 2.24) is 0 Å². The Bertz CT molecular complexity index is 445. The van der Waals surface area contributed by atoms with E-state index in [1.165, 1.54) is 26.4 Å². The van der Waals surface area contributed by atoms with E-state index >= 15 is 0 Å². The van der Waals surface area contributed by atoms with Gasteiger partial charge >= 0.3 is 5.97 Å². The molecule has 1 aromatic heterocycles. The van der Waals surface area contributed by atoms with Gasteiger partial charge in [0.05, 0.1) is 7.11 Å². The summed E-state index contributed by atoms with van der Waals surface area (Å²) in [6.45, 7) is 0. The average Bonchev–Trinajstić information content (AvgIpc) is 2.96. The summed E-state index contributed by atoms with van der Waals surface area (Å²) in [6, 6.07) is 3.46. The number of ether oxygens (including phenoxy) is 1. The highest BCUT2D eigenvalue weighted by atomic mass is 16.5. The van der Waals surface area contributed by atoms with Crippen LogP contribution in [-0.4, -0.2) is 19.4 Å². The minimum absolute atomic E-state index is 0.115. The zero-order valence-electron chi connectivity index (χ0n) is 12.7. The Morgan fingerprint density at radius 2 is 1.76 bits per heavy atom. The monoisotopic (exact) mass is 292 g/mol. The molecule has 0 unspecified atom stereocenters. The van der Waals surface area contributed by atoms with Crippen LogP contribution in [0.1, 0.15) is 67.7 Å². The summed E-state index contributed by atoms with van der Waals surface area (Å²) in [5.74, 6) is 0.970. The number of methoxy groups -OCH3 is 1. The smallest absolute Gasteiger partial charge is 0.305 e. The third kappa shape index (κ3) is 8.12. The van der Waals surface area contributed by atoms with E-state index in [9.17, 15) is 9.59 Å². The van der Waals surface area contributed by atoms with Crippen molar-refractivity contribution in [2.75, 3.05) is 7.11 Å². The van der Waals surface area contributed by atoms with Crippen LogP contribution in [0.5, 0.6) is 0 Å². The van der Waals surface area contributed by atoms with Crippen molar-refractivity contribution in [3.8, 4) is 0 Å². The van der Waals surface area contributed by atoms with Gasteiger partial charge in [-0.3, -0.25) is 9.59 Å². The zero-order valence-corrected chi connectivity index (χ0v) is 12.7. The molecule has 0 amide bonds. The molecule has 0 atom stereocenters. The Morgan fingerprint density at radius 3 is 2.43 bits per heavy atom. The molecule has 0 aromatic carbocycles. The maximum Gasteiger partial charge on any atom is 0.305 e. The highest BCUT2D eigenvalue weighted by Crippen LogP contribution is 2.11. The number of carbonyl (C=O) groups is 2. The van der Waals surface area contributed by atoms with Crippen LogP contribution in [0.25, 0.3) is 6.08 Å². The lowest BCUT2D eigenvalue weighted by Gasteiger charge is -2.00. The minimum Gasteiger partial charge on any atom is -0.469 e. The molecular formula is C17H24O4. The third-order valence-corrected chi connectivity index (χ3v) is 3.28. The number of esters is 1. The van der Waals surface area contributed by atoms with Gasteiger partial charge in [0, 0.05) is 6.42 Å². The van der Waals surface area contributed by atoms with Gasteiger partial charge in [0.1, 0.15) is 5.76 Å². The molecule has 21 heavy (non-hydrogen) atoms. The minimum atomic E-state index is -0.115. The third-order valence-electron chi connectivity index (χ3n) is 3.28. The Kier molecular flexibility index (Phi) is 8.93. The lowest BCUT2D eigenvalue weighted by atomic mass is 10.1. The highest BCUT2D eigenvalue weighted by molar-refractivity contribution is 5.71. The normalized spacial score (nSPS) is 10.9. The molecule has 0 aliphatic rings. The molecule has 0 saturated heterocycles. The van der Waals surface area contributed by atoms with Crippen LogP contribution in [0.15, 0.2) is 22.6 Å². The van der Waals surface area contributed by atoms with E-state index in [0.717, 1.165) is 31.4 Å². The molecule has 0 saturated carbocycles. The van der Waals surface area contributed by atoms with Crippen LogP contribution >= 0.6 is 0 Å².